The van der Waals surface area contributed by atoms with Gasteiger partial charge < -0.3 is 5.32 Å². The lowest BCUT2D eigenvalue weighted by atomic mass is 9.96. The number of rotatable bonds is 7. The first-order valence-corrected chi connectivity index (χ1v) is 7.19. The van der Waals surface area contributed by atoms with E-state index in [1.54, 1.807) is 11.3 Å². The van der Waals surface area contributed by atoms with Crippen LogP contribution in [-0.4, -0.2) is 17.6 Å². The quantitative estimate of drug-likeness (QED) is 0.790. The first-order valence-electron chi connectivity index (χ1n) is 6.31. The molecule has 0 aliphatic carbocycles. The van der Waals surface area contributed by atoms with Gasteiger partial charge in [0.15, 0.2) is 0 Å². The van der Waals surface area contributed by atoms with Gasteiger partial charge in [-0.15, -0.1) is 11.3 Å². The van der Waals surface area contributed by atoms with Crippen LogP contribution >= 0.6 is 11.3 Å². The average Bonchev–Trinajstić information content (AvgIpc) is 2.69. The van der Waals surface area contributed by atoms with Gasteiger partial charge in [0.1, 0.15) is 0 Å². The number of hydrogen-bond donors (Lipinski definition) is 1. The summed E-state index contributed by atoms with van der Waals surface area (Å²) in [5, 5.41) is 7.06. The molecule has 2 unspecified atom stereocenters. The van der Waals surface area contributed by atoms with Gasteiger partial charge in [-0.2, -0.15) is 0 Å². The molecule has 0 amide bonds. The van der Waals surface area contributed by atoms with Gasteiger partial charge in [0.2, 0.25) is 0 Å². The van der Waals surface area contributed by atoms with E-state index in [9.17, 15) is 0 Å². The van der Waals surface area contributed by atoms with Gasteiger partial charge in [-0.1, -0.05) is 27.2 Å². The maximum absolute atomic E-state index is 4.55. The molecule has 2 atom stereocenters. The normalized spacial score (nSPS) is 15.0. The van der Waals surface area contributed by atoms with Crippen LogP contribution in [0.2, 0.25) is 0 Å². The summed E-state index contributed by atoms with van der Waals surface area (Å²) in [7, 11) is 0. The zero-order chi connectivity index (χ0) is 12.0. The molecule has 3 heteroatoms. The van der Waals surface area contributed by atoms with E-state index >= 15 is 0 Å². The largest absolute Gasteiger partial charge is 0.313 e. The second-order valence-corrected chi connectivity index (χ2v) is 5.48. The van der Waals surface area contributed by atoms with Crippen LogP contribution in [0, 0.1) is 12.8 Å². The Balaban J connectivity index is 2.55. The average molecular weight is 240 g/mol. The smallest absolute Gasteiger partial charge is 0.0943 e. The fourth-order valence-corrected chi connectivity index (χ4v) is 2.61. The number of nitrogens with zero attached hydrogens (tertiary/aromatic N) is 1. The zero-order valence-corrected chi connectivity index (χ0v) is 11.7. The monoisotopic (exact) mass is 240 g/mol. The summed E-state index contributed by atoms with van der Waals surface area (Å²) in [6, 6.07) is 0.579. The van der Waals surface area contributed by atoms with Gasteiger partial charge in [0, 0.05) is 23.5 Å². The molecule has 2 nitrogen and oxygen atoms in total. The molecule has 0 saturated carbocycles. The van der Waals surface area contributed by atoms with Crippen LogP contribution < -0.4 is 5.32 Å². The third kappa shape index (κ3) is 4.22. The van der Waals surface area contributed by atoms with Gasteiger partial charge in [-0.25, -0.2) is 4.98 Å². The van der Waals surface area contributed by atoms with E-state index in [0.29, 0.717) is 6.04 Å². The molecule has 1 N–H and O–H groups in total. The fraction of sp³-hybridized carbons (Fsp3) is 0.769. The number of thiazole rings is 1. The molecule has 0 spiro atoms. The molecule has 16 heavy (non-hydrogen) atoms. The van der Waals surface area contributed by atoms with E-state index in [2.05, 4.69) is 43.4 Å². The van der Waals surface area contributed by atoms with Gasteiger partial charge in [-0.3, -0.25) is 0 Å². The minimum absolute atomic E-state index is 0.579. The first kappa shape index (κ1) is 13.7. The van der Waals surface area contributed by atoms with Gasteiger partial charge in [0.25, 0.3) is 0 Å². The molecule has 0 aliphatic rings. The van der Waals surface area contributed by atoms with Crippen LogP contribution in [0.3, 0.4) is 0 Å². The second-order valence-electron chi connectivity index (χ2n) is 4.53. The van der Waals surface area contributed by atoms with Crippen molar-refractivity contribution in [3.8, 4) is 0 Å². The highest BCUT2D eigenvalue weighted by Crippen LogP contribution is 2.16. The molecule has 1 aromatic heterocycles. The van der Waals surface area contributed by atoms with Crippen molar-refractivity contribution < 1.29 is 0 Å². The molecule has 92 valence electrons. The van der Waals surface area contributed by atoms with Crippen molar-refractivity contribution in [1.82, 2.24) is 10.3 Å². The van der Waals surface area contributed by atoms with E-state index < -0.39 is 0 Å². The minimum Gasteiger partial charge on any atom is -0.313 e. The summed E-state index contributed by atoms with van der Waals surface area (Å²) < 4.78 is 0. The third-order valence-electron chi connectivity index (χ3n) is 3.05. The van der Waals surface area contributed by atoms with Crippen molar-refractivity contribution in [2.45, 2.75) is 53.0 Å². The van der Waals surface area contributed by atoms with Crippen molar-refractivity contribution in [2.75, 3.05) is 6.54 Å². The Morgan fingerprint density at radius 3 is 2.69 bits per heavy atom. The van der Waals surface area contributed by atoms with Crippen LogP contribution in [-0.2, 0) is 6.42 Å². The standard InChI is InChI=1S/C13H24N2S/c1-5-7-14-12(10(3)6-2)8-13-15-11(4)9-16-13/h9-10,12,14H,5-8H2,1-4H3. The Morgan fingerprint density at radius 1 is 1.44 bits per heavy atom. The summed E-state index contributed by atoms with van der Waals surface area (Å²) in [4.78, 5) is 4.55. The highest BCUT2D eigenvalue weighted by Gasteiger charge is 2.16. The molecule has 1 aromatic rings. The number of aromatic nitrogens is 1. The maximum atomic E-state index is 4.55. The summed E-state index contributed by atoms with van der Waals surface area (Å²) >= 11 is 1.79. The minimum atomic E-state index is 0.579. The van der Waals surface area contributed by atoms with Crippen molar-refractivity contribution in [2.24, 2.45) is 5.92 Å². The molecule has 0 aliphatic heterocycles. The Hall–Kier alpha value is -0.410. The molecule has 0 fully saturated rings. The Bertz CT molecular complexity index is 296. The van der Waals surface area contributed by atoms with Crippen molar-refractivity contribution in [1.29, 1.82) is 0 Å². The first-order chi connectivity index (χ1) is 7.67. The summed E-state index contributed by atoms with van der Waals surface area (Å²) in [6.45, 7) is 9.98. The second kappa shape index (κ2) is 7.02. The lowest BCUT2D eigenvalue weighted by Gasteiger charge is -2.23. The van der Waals surface area contributed by atoms with Crippen LogP contribution in [0.25, 0.3) is 0 Å². The molecule has 1 rings (SSSR count). The fourth-order valence-electron chi connectivity index (χ4n) is 1.77. The third-order valence-corrected chi connectivity index (χ3v) is 4.04. The van der Waals surface area contributed by atoms with Gasteiger partial charge in [0.05, 0.1) is 5.01 Å². The topological polar surface area (TPSA) is 24.9 Å². The lowest BCUT2D eigenvalue weighted by molar-refractivity contribution is 0.364. The molecule has 0 radical (unpaired) electrons. The lowest BCUT2D eigenvalue weighted by Crippen LogP contribution is -2.37. The van der Waals surface area contributed by atoms with E-state index in [1.807, 2.05) is 0 Å². The maximum Gasteiger partial charge on any atom is 0.0943 e. The molecule has 1 heterocycles. The SMILES string of the molecule is CCCNC(Cc1nc(C)cs1)C(C)CC. The Morgan fingerprint density at radius 2 is 2.19 bits per heavy atom. The van der Waals surface area contributed by atoms with Gasteiger partial charge in [-0.05, 0) is 25.8 Å². The van der Waals surface area contributed by atoms with E-state index in [1.165, 1.54) is 17.8 Å². The zero-order valence-electron chi connectivity index (χ0n) is 10.9. The van der Waals surface area contributed by atoms with E-state index in [-0.39, 0.29) is 0 Å². The summed E-state index contributed by atoms with van der Waals surface area (Å²) in [6.07, 6.45) is 3.50. The number of hydrogen-bond acceptors (Lipinski definition) is 3. The van der Waals surface area contributed by atoms with E-state index in [4.69, 9.17) is 0 Å². The van der Waals surface area contributed by atoms with Crippen LogP contribution in [0.5, 0.6) is 0 Å². The molecular formula is C13H24N2S. The number of aryl methyl sites for hydroxylation is 1. The van der Waals surface area contributed by atoms with Crippen LogP contribution in [0.1, 0.15) is 44.3 Å². The van der Waals surface area contributed by atoms with Gasteiger partial charge >= 0.3 is 0 Å². The predicted octanol–water partition coefficient (Wildman–Crippen LogP) is 3.41. The van der Waals surface area contributed by atoms with Crippen LogP contribution in [0.15, 0.2) is 5.38 Å². The summed E-state index contributed by atoms with van der Waals surface area (Å²) in [5.74, 6) is 0.718. The Kier molecular flexibility index (Phi) is 5.99. The van der Waals surface area contributed by atoms with Crippen LogP contribution in [0.4, 0.5) is 0 Å². The molecule has 0 bridgehead atoms. The Labute approximate surface area is 103 Å². The number of nitrogens with one attached hydrogen (secondary N) is 1. The van der Waals surface area contributed by atoms with E-state index in [0.717, 1.165) is 24.6 Å². The highest BCUT2D eigenvalue weighted by atomic mass is 32.1. The molecular weight excluding hydrogens is 216 g/mol. The molecule has 0 saturated heterocycles. The van der Waals surface area contributed by atoms with Crippen molar-refractivity contribution >= 4 is 11.3 Å². The van der Waals surface area contributed by atoms with Crippen molar-refractivity contribution in [3.63, 3.8) is 0 Å². The molecule has 0 aromatic carbocycles. The summed E-state index contributed by atoms with van der Waals surface area (Å²) in [5.41, 5.74) is 1.15. The highest BCUT2D eigenvalue weighted by molar-refractivity contribution is 7.09. The predicted molar refractivity (Wildman–Crippen MR) is 72.1 cm³/mol. The van der Waals surface area contributed by atoms with Crippen molar-refractivity contribution in [3.05, 3.63) is 16.1 Å².